The lowest BCUT2D eigenvalue weighted by Crippen LogP contribution is -2.17. The van der Waals surface area contributed by atoms with E-state index in [2.05, 4.69) is 31.3 Å². The van der Waals surface area contributed by atoms with Crippen molar-refractivity contribution in [2.75, 3.05) is 11.1 Å². The van der Waals surface area contributed by atoms with Gasteiger partial charge in [-0.15, -0.1) is 5.10 Å². The molecule has 0 aliphatic carbocycles. The molecule has 3 aromatic rings. The Balaban J connectivity index is 1.96. The maximum atomic E-state index is 12.7. The van der Waals surface area contributed by atoms with E-state index in [0.29, 0.717) is 10.0 Å². The van der Waals surface area contributed by atoms with Crippen molar-refractivity contribution in [3.8, 4) is 0 Å². The van der Waals surface area contributed by atoms with Gasteiger partial charge in [-0.2, -0.15) is 9.67 Å². The quantitative estimate of drug-likeness (QED) is 0.736. The van der Waals surface area contributed by atoms with Crippen molar-refractivity contribution in [2.24, 2.45) is 0 Å². The molecule has 0 amide bonds. The fourth-order valence-corrected chi connectivity index (χ4v) is 2.52. The van der Waals surface area contributed by atoms with Crippen LogP contribution < -0.4 is 11.1 Å². The van der Waals surface area contributed by atoms with Gasteiger partial charge < -0.3 is 11.1 Å². The van der Waals surface area contributed by atoms with E-state index in [9.17, 15) is 4.79 Å². The van der Waals surface area contributed by atoms with Crippen molar-refractivity contribution >= 4 is 39.4 Å². The number of aromatic nitrogens is 3. The van der Waals surface area contributed by atoms with Gasteiger partial charge in [-0.25, -0.2) is 0 Å². The summed E-state index contributed by atoms with van der Waals surface area (Å²) >= 11 is 3.37. The van der Waals surface area contributed by atoms with Crippen LogP contribution in [0, 0.1) is 6.92 Å². The van der Waals surface area contributed by atoms with Crippen molar-refractivity contribution < 1.29 is 4.79 Å². The molecule has 3 N–H and O–H groups in total. The number of carbonyl (C=O) groups is 1. The molecule has 0 radical (unpaired) electrons. The van der Waals surface area contributed by atoms with Gasteiger partial charge in [0.15, 0.2) is 0 Å². The number of nitrogens with zero attached hydrogens (tertiary/aromatic N) is 3. The van der Waals surface area contributed by atoms with Crippen LogP contribution in [0.1, 0.15) is 15.9 Å². The Morgan fingerprint density at radius 1 is 1.17 bits per heavy atom. The van der Waals surface area contributed by atoms with E-state index in [1.54, 1.807) is 18.2 Å². The minimum atomic E-state index is -0.323. The van der Waals surface area contributed by atoms with Crippen LogP contribution in [0.25, 0.3) is 0 Å². The summed E-state index contributed by atoms with van der Waals surface area (Å²) in [5, 5.41) is 7.06. The number of benzene rings is 2. The van der Waals surface area contributed by atoms with Gasteiger partial charge in [-0.05, 0) is 47.1 Å². The van der Waals surface area contributed by atoms with Gasteiger partial charge in [0.25, 0.3) is 5.91 Å². The summed E-state index contributed by atoms with van der Waals surface area (Å²) in [4.78, 5) is 16.8. The van der Waals surface area contributed by atoms with E-state index in [1.807, 2.05) is 37.3 Å². The Kier molecular flexibility index (Phi) is 4.12. The SMILES string of the molecule is Cc1ccc(Nc2nc(N)nn2C(=O)c2ccccc2Br)cc1. The maximum absolute atomic E-state index is 12.7. The average molecular weight is 372 g/mol. The minimum absolute atomic E-state index is 0.0278. The molecule has 116 valence electrons. The van der Waals surface area contributed by atoms with E-state index in [1.165, 1.54) is 0 Å². The molecule has 0 fully saturated rings. The topological polar surface area (TPSA) is 85.8 Å². The molecule has 1 heterocycles. The number of carbonyl (C=O) groups excluding carboxylic acids is 1. The fourth-order valence-electron chi connectivity index (χ4n) is 2.07. The first kappa shape index (κ1) is 15.2. The molecule has 23 heavy (non-hydrogen) atoms. The van der Waals surface area contributed by atoms with Crippen molar-refractivity contribution in [3.63, 3.8) is 0 Å². The number of nitrogens with two attached hydrogens (primary N) is 1. The Bertz CT molecular complexity index is 857. The minimum Gasteiger partial charge on any atom is -0.366 e. The molecule has 2 aromatic carbocycles. The molecule has 0 aliphatic rings. The van der Waals surface area contributed by atoms with Crippen LogP contribution in [-0.2, 0) is 0 Å². The van der Waals surface area contributed by atoms with E-state index < -0.39 is 0 Å². The molecule has 6 nitrogen and oxygen atoms in total. The predicted molar refractivity (Wildman–Crippen MR) is 92.8 cm³/mol. The summed E-state index contributed by atoms with van der Waals surface area (Å²) in [6, 6.07) is 14.8. The number of aryl methyl sites for hydroxylation is 1. The van der Waals surface area contributed by atoms with Crippen LogP contribution in [0.3, 0.4) is 0 Å². The number of anilines is 3. The van der Waals surface area contributed by atoms with E-state index >= 15 is 0 Å². The average Bonchev–Trinajstić information content (AvgIpc) is 2.90. The van der Waals surface area contributed by atoms with Crippen LogP contribution >= 0.6 is 15.9 Å². The summed E-state index contributed by atoms with van der Waals surface area (Å²) in [6.07, 6.45) is 0. The Morgan fingerprint density at radius 2 is 1.87 bits per heavy atom. The maximum Gasteiger partial charge on any atom is 0.282 e. The number of rotatable bonds is 3. The lowest BCUT2D eigenvalue weighted by molar-refractivity contribution is 0.0947. The number of nitrogen functional groups attached to an aromatic ring is 1. The first-order chi connectivity index (χ1) is 11.0. The summed E-state index contributed by atoms with van der Waals surface area (Å²) in [5.74, 6) is -0.0246. The molecule has 0 saturated carbocycles. The second-order valence-electron chi connectivity index (χ2n) is 4.98. The van der Waals surface area contributed by atoms with E-state index in [4.69, 9.17) is 5.73 Å². The molecule has 0 aliphatic heterocycles. The van der Waals surface area contributed by atoms with Crippen molar-refractivity contribution in [1.82, 2.24) is 14.8 Å². The van der Waals surface area contributed by atoms with E-state index in [-0.39, 0.29) is 17.8 Å². The normalized spacial score (nSPS) is 10.5. The third-order valence-corrected chi connectivity index (χ3v) is 3.92. The van der Waals surface area contributed by atoms with Crippen LogP contribution in [-0.4, -0.2) is 20.7 Å². The van der Waals surface area contributed by atoms with Crippen LogP contribution in [0.15, 0.2) is 53.0 Å². The summed E-state index contributed by atoms with van der Waals surface area (Å²) < 4.78 is 1.84. The molecule has 1 aromatic heterocycles. The third-order valence-electron chi connectivity index (χ3n) is 3.23. The van der Waals surface area contributed by atoms with Crippen molar-refractivity contribution in [1.29, 1.82) is 0 Å². The molecule has 0 unspecified atom stereocenters. The van der Waals surface area contributed by atoms with Crippen LogP contribution in [0.5, 0.6) is 0 Å². The zero-order valence-electron chi connectivity index (χ0n) is 12.3. The lowest BCUT2D eigenvalue weighted by Gasteiger charge is -2.08. The molecule has 7 heteroatoms. The number of hydrogen-bond acceptors (Lipinski definition) is 5. The summed E-state index contributed by atoms with van der Waals surface area (Å²) in [7, 11) is 0. The van der Waals surface area contributed by atoms with Gasteiger partial charge in [-0.3, -0.25) is 4.79 Å². The Hall–Kier alpha value is -2.67. The number of hydrogen-bond donors (Lipinski definition) is 2. The molecule has 0 atom stereocenters. The van der Waals surface area contributed by atoms with Gasteiger partial charge in [0, 0.05) is 10.2 Å². The van der Waals surface area contributed by atoms with Crippen molar-refractivity contribution in [3.05, 3.63) is 64.1 Å². The molecule has 0 bridgehead atoms. The predicted octanol–water partition coefficient (Wildman–Crippen LogP) is 3.36. The number of halogens is 1. The Morgan fingerprint density at radius 3 is 2.57 bits per heavy atom. The van der Waals surface area contributed by atoms with Gasteiger partial charge >= 0.3 is 0 Å². The van der Waals surface area contributed by atoms with Crippen LogP contribution in [0.2, 0.25) is 0 Å². The lowest BCUT2D eigenvalue weighted by atomic mass is 10.2. The first-order valence-corrected chi connectivity index (χ1v) is 7.69. The third kappa shape index (κ3) is 3.24. The second kappa shape index (κ2) is 6.21. The standard InChI is InChI=1S/C16H14BrN5O/c1-10-6-8-11(9-7-10)19-16-20-15(18)21-22(16)14(23)12-4-2-3-5-13(12)17/h2-9H,1H3,(H3,18,19,20,21). The van der Waals surface area contributed by atoms with Gasteiger partial charge in [-0.1, -0.05) is 29.8 Å². The highest BCUT2D eigenvalue weighted by Crippen LogP contribution is 2.21. The highest BCUT2D eigenvalue weighted by Gasteiger charge is 2.18. The molecular formula is C16H14BrN5O. The smallest absolute Gasteiger partial charge is 0.282 e. The molecular weight excluding hydrogens is 358 g/mol. The molecule has 3 rings (SSSR count). The van der Waals surface area contributed by atoms with Crippen molar-refractivity contribution in [2.45, 2.75) is 6.92 Å². The summed E-state index contributed by atoms with van der Waals surface area (Å²) in [5.41, 5.74) is 8.08. The van der Waals surface area contributed by atoms with Gasteiger partial charge in [0.1, 0.15) is 0 Å². The number of nitrogens with one attached hydrogen (secondary N) is 1. The zero-order valence-corrected chi connectivity index (χ0v) is 13.9. The zero-order chi connectivity index (χ0) is 16.4. The monoisotopic (exact) mass is 371 g/mol. The molecule has 0 spiro atoms. The summed E-state index contributed by atoms with van der Waals surface area (Å²) in [6.45, 7) is 2.00. The van der Waals surface area contributed by atoms with E-state index in [0.717, 1.165) is 15.9 Å². The first-order valence-electron chi connectivity index (χ1n) is 6.90. The highest BCUT2D eigenvalue weighted by molar-refractivity contribution is 9.10. The van der Waals surface area contributed by atoms with Crippen LogP contribution in [0.4, 0.5) is 17.6 Å². The van der Waals surface area contributed by atoms with Gasteiger partial charge in [0.05, 0.1) is 5.56 Å². The Labute approximate surface area is 141 Å². The largest absolute Gasteiger partial charge is 0.366 e. The van der Waals surface area contributed by atoms with Gasteiger partial charge in [0.2, 0.25) is 11.9 Å². The fraction of sp³-hybridized carbons (Fsp3) is 0.0625. The molecule has 0 saturated heterocycles. The highest BCUT2D eigenvalue weighted by atomic mass is 79.9. The second-order valence-corrected chi connectivity index (χ2v) is 5.84.